The van der Waals surface area contributed by atoms with Crippen LogP contribution < -0.4 is 10.5 Å². The van der Waals surface area contributed by atoms with Gasteiger partial charge in [0.15, 0.2) is 0 Å². The van der Waals surface area contributed by atoms with Gasteiger partial charge in [-0.25, -0.2) is 0 Å². The van der Waals surface area contributed by atoms with E-state index >= 15 is 0 Å². The third kappa shape index (κ3) is 3.72. The molecule has 0 bridgehead atoms. The number of ether oxygens (including phenoxy) is 1. The second kappa shape index (κ2) is 6.62. The van der Waals surface area contributed by atoms with Gasteiger partial charge < -0.3 is 15.6 Å². The molecule has 0 radical (unpaired) electrons. The van der Waals surface area contributed by atoms with Gasteiger partial charge in [0.2, 0.25) is 0 Å². The highest BCUT2D eigenvalue weighted by Gasteiger charge is 2.17. The molecule has 96 valence electrons. The Bertz CT molecular complexity index is 352. The van der Waals surface area contributed by atoms with Crippen molar-refractivity contribution in [2.45, 2.75) is 38.7 Å². The lowest BCUT2D eigenvalue weighted by molar-refractivity contribution is 0.161. The van der Waals surface area contributed by atoms with E-state index in [-0.39, 0.29) is 0 Å². The predicted octanol–water partition coefficient (Wildman–Crippen LogP) is 2.21. The number of hydrogen-bond donors (Lipinski definition) is 2. The first-order chi connectivity index (χ1) is 8.12. The number of aliphatic hydroxyl groups excluding tert-OH is 1. The van der Waals surface area contributed by atoms with Crippen molar-refractivity contribution in [2.24, 2.45) is 5.73 Å². The highest BCUT2D eigenvalue weighted by Crippen LogP contribution is 2.32. The zero-order valence-corrected chi connectivity index (χ0v) is 10.9. The summed E-state index contributed by atoms with van der Waals surface area (Å²) >= 11 is 0. The molecule has 3 N–H and O–H groups in total. The monoisotopic (exact) mass is 237 g/mol. The van der Waals surface area contributed by atoms with Crippen LogP contribution in [0.1, 0.15) is 36.8 Å². The molecule has 2 atom stereocenters. The second-order valence-electron chi connectivity index (χ2n) is 4.48. The largest absolute Gasteiger partial charge is 0.496 e. The summed E-state index contributed by atoms with van der Waals surface area (Å²) in [6.45, 7) is 4.50. The van der Waals surface area contributed by atoms with E-state index in [2.05, 4.69) is 19.9 Å². The second-order valence-corrected chi connectivity index (χ2v) is 4.48. The molecule has 3 nitrogen and oxygen atoms in total. The van der Waals surface area contributed by atoms with Crippen LogP contribution in [0, 0.1) is 6.92 Å². The van der Waals surface area contributed by atoms with Crippen LogP contribution in [-0.2, 0) is 0 Å². The highest BCUT2D eigenvalue weighted by molar-refractivity contribution is 5.39. The molecule has 0 amide bonds. The molecule has 17 heavy (non-hydrogen) atoms. The Balaban J connectivity index is 2.97. The maximum absolute atomic E-state index is 9.69. The summed E-state index contributed by atoms with van der Waals surface area (Å²) in [4.78, 5) is 0. The Morgan fingerprint density at radius 2 is 2.12 bits per heavy atom. The van der Waals surface area contributed by atoms with Gasteiger partial charge in [0.25, 0.3) is 0 Å². The first kappa shape index (κ1) is 14.0. The maximum atomic E-state index is 9.69. The van der Waals surface area contributed by atoms with E-state index in [0.717, 1.165) is 12.2 Å². The summed E-state index contributed by atoms with van der Waals surface area (Å²) in [6, 6.07) is 6.16. The molecule has 1 rings (SSSR count). The minimum atomic E-state index is -0.440. The quantitative estimate of drug-likeness (QED) is 0.797. The van der Waals surface area contributed by atoms with Crippen LogP contribution in [0.2, 0.25) is 0 Å². The van der Waals surface area contributed by atoms with Crippen molar-refractivity contribution in [3.8, 4) is 5.75 Å². The third-order valence-corrected chi connectivity index (χ3v) is 3.15. The van der Waals surface area contributed by atoms with E-state index in [1.54, 1.807) is 7.11 Å². The van der Waals surface area contributed by atoms with E-state index in [0.29, 0.717) is 18.9 Å². The topological polar surface area (TPSA) is 55.5 Å². The number of rotatable bonds is 6. The van der Waals surface area contributed by atoms with Crippen molar-refractivity contribution < 1.29 is 9.84 Å². The van der Waals surface area contributed by atoms with E-state index in [9.17, 15) is 5.11 Å². The predicted molar refractivity (Wildman–Crippen MR) is 70.4 cm³/mol. The Morgan fingerprint density at radius 1 is 1.41 bits per heavy atom. The van der Waals surface area contributed by atoms with Crippen molar-refractivity contribution >= 4 is 0 Å². The molecule has 0 saturated carbocycles. The Kier molecular flexibility index (Phi) is 5.45. The standard InChI is InChI=1S/C14H23NO2/c1-4-11(8-12(16)9-15)13-7-10(2)5-6-14(13)17-3/h5-7,11-12,16H,4,8-9,15H2,1-3H3. The summed E-state index contributed by atoms with van der Waals surface area (Å²) in [6.07, 6.45) is 1.22. The van der Waals surface area contributed by atoms with Gasteiger partial charge in [-0.2, -0.15) is 0 Å². The van der Waals surface area contributed by atoms with E-state index in [4.69, 9.17) is 10.5 Å². The van der Waals surface area contributed by atoms with E-state index < -0.39 is 6.10 Å². The summed E-state index contributed by atoms with van der Waals surface area (Å²) in [5, 5.41) is 9.69. The lowest BCUT2D eigenvalue weighted by Crippen LogP contribution is -2.22. The van der Waals surface area contributed by atoms with Crippen LogP contribution >= 0.6 is 0 Å². The smallest absolute Gasteiger partial charge is 0.122 e. The van der Waals surface area contributed by atoms with Crippen LogP contribution in [0.4, 0.5) is 0 Å². The molecule has 0 fully saturated rings. The molecule has 1 aromatic carbocycles. The van der Waals surface area contributed by atoms with Gasteiger partial charge in [0, 0.05) is 6.54 Å². The molecule has 0 aliphatic rings. The molecular formula is C14H23NO2. The molecule has 1 aromatic rings. The van der Waals surface area contributed by atoms with Crippen LogP contribution in [0.3, 0.4) is 0 Å². The van der Waals surface area contributed by atoms with Crippen molar-refractivity contribution in [2.75, 3.05) is 13.7 Å². The lowest BCUT2D eigenvalue weighted by atomic mass is 9.89. The molecule has 3 heteroatoms. The van der Waals surface area contributed by atoms with E-state index in [1.165, 1.54) is 11.1 Å². The average molecular weight is 237 g/mol. The van der Waals surface area contributed by atoms with Crippen molar-refractivity contribution in [3.05, 3.63) is 29.3 Å². The minimum Gasteiger partial charge on any atom is -0.496 e. The number of methoxy groups -OCH3 is 1. The van der Waals surface area contributed by atoms with Crippen LogP contribution in [-0.4, -0.2) is 24.9 Å². The summed E-state index contributed by atoms with van der Waals surface area (Å²) in [5.41, 5.74) is 7.85. The van der Waals surface area contributed by atoms with Crippen LogP contribution in [0.5, 0.6) is 5.75 Å². The van der Waals surface area contributed by atoms with Gasteiger partial charge in [-0.1, -0.05) is 24.6 Å². The molecule has 0 saturated heterocycles. The fraction of sp³-hybridized carbons (Fsp3) is 0.571. The van der Waals surface area contributed by atoms with Crippen molar-refractivity contribution in [1.29, 1.82) is 0 Å². The van der Waals surface area contributed by atoms with Crippen LogP contribution in [0.25, 0.3) is 0 Å². The SMILES string of the molecule is CCC(CC(O)CN)c1cc(C)ccc1OC. The first-order valence-electron chi connectivity index (χ1n) is 6.15. The van der Waals surface area contributed by atoms with Gasteiger partial charge in [-0.3, -0.25) is 0 Å². The average Bonchev–Trinajstić information content (AvgIpc) is 2.35. The fourth-order valence-corrected chi connectivity index (χ4v) is 2.11. The molecule has 0 aliphatic carbocycles. The van der Waals surface area contributed by atoms with Gasteiger partial charge in [-0.15, -0.1) is 0 Å². The van der Waals surface area contributed by atoms with Crippen LogP contribution in [0.15, 0.2) is 18.2 Å². The molecule has 0 aromatic heterocycles. The molecular weight excluding hydrogens is 214 g/mol. The van der Waals surface area contributed by atoms with Crippen molar-refractivity contribution in [1.82, 2.24) is 0 Å². The zero-order chi connectivity index (χ0) is 12.8. The Morgan fingerprint density at radius 3 is 2.65 bits per heavy atom. The van der Waals surface area contributed by atoms with Gasteiger partial charge in [-0.05, 0) is 37.3 Å². The Labute approximate surface area is 104 Å². The van der Waals surface area contributed by atoms with Gasteiger partial charge in [0.05, 0.1) is 13.2 Å². The highest BCUT2D eigenvalue weighted by atomic mass is 16.5. The summed E-state index contributed by atoms with van der Waals surface area (Å²) < 4.78 is 5.39. The van der Waals surface area contributed by atoms with E-state index in [1.807, 2.05) is 12.1 Å². The molecule has 0 heterocycles. The van der Waals surface area contributed by atoms with Crippen molar-refractivity contribution in [3.63, 3.8) is 0 Å². The number of aryl methyl sites for hydroxylation is 1. The number of nitrogens with two attached hydrogens (primary N) is 1. The number of benzene rings is 1. The fourth-order valence-electron chi connectivity index (χ4n) is 2.11. The number of aliphatic hydroxyl groups is 1. The normalized spacial score (nSPS) is 14.4. The van der Waals surface area contributed by atoms with Gasteiger partial charge >= 0.3 is 0 Å². The lowest BCUT2D eigenvalue weighted by Gasteiger charge is -2.21. The first-order valence-corrected chi connectivity index (χ1v) is 6.15. The minimum absolute atomic E-state index is 0.295. The third-order valence-electron chi connectivity index (χ3n) is 3.15. The molecule has 0 spiro atoms. The summed E-state index contributed by atoms with van der Waals surface area (Å²) in [7, 11) is 1.68. The van der Waals surface area contributed by atoms with Gasteiger partial charge in [0.1, 0.15) is 5.75 Å². The Hall–Kier alpha value is -1.06. The summed E-state index contributed by atoms with van der Waals surface area (Å²) in [5.74, 6) is 1.19. The zero-order valence-electron chi connectivity index (χ0n) is 10.9. The number of hydrogen-bond acceptors (Lipinski definition) is 3. The maximum Gasteiger partial charge on any atom is 0.122 e. The molecule has 2 unspecified atom stereocenters. The molecule has 0 aliphatic heterocycles.